The van der Waals surface area contributed by atoms with E-state index in [0.29, 0.717) is 19.0 Å². The Hall–Kier alpha value is -1.89. The van der Waals surface area contributed by atoms with Crippen LogP contribution in [0.3, 0.4) is 0 Å². The van der Waals surface area contributed by atoms with Crippen LogP contribution in [0, 0.1) is 6.92 Å². The van der Waals surface area contributed by atoms with Gasteiger partial charge in [0.25, 0.3) is 5.91 Å². The third-order valence-corrected chi connectivity index (χ3v) is 3.72. The summed E-state index contributed by atoms with van der Waals surface area (Å²) in [5, 5.41) is 7.07. The molecular formula is C14H22N4O3. The number of ether oxygens (including phenoxy) is 1. The van der Waals surface area contributed by atoms with Gasteiger partial charge in [-0.2, -0.15) is 5.10 Å². The lowest BCUT2D eigenvalue weighted by Crippen LogP contribution is -2.57. The molecule has 1 atom stereocenters. The van der Waals surface area contributed by atoms with E-state index < -0.39 is 5.60 Å². The zero-order chi connectivity index (χ0) is 15.6. The van der Waals surface area contributed by atoms with Crippen molar-refractivity contribution in [2.75, 3.05) is 25.0 Å². The van der Waals surface area contributed by atoms with Crippen molar-refractivity contribution in [2.24, 2.45) is 0 Å². The average Bonchev–Trinajstić information content (AvgIpc) is 2.78. The monoisotopic (exact) mass is 294 g/mol. The van der Waals surface area contributed by atoms with Gasteiger partial charge in [0.2, 0.25) is 5.91 Å². The number of amides is 2. The average molecular weight is 294 g/mol. The van der Waals surface area contributed by atoms with Crippen molar-refractivity contribution in [3.05, 3.63) is 11.8 Å². The fraction of sp³-hybridized carbons (Fsp3) is 0.643. The number of aromatic nitrogens is 2. The smallest absolute Gasteiger partial charge is 0.259 e. The Bertz CT molecular complexity index is 554. The predicted octanol–water partition coefficient (Wildman–Crippen LogP) is 0.787. The summed E-state index contributed by atoms with van der Waals surface area (Å²) >= 11 is 0. The normalized spacial score (nSPS) is 22.2. The van der Waals surface area contributed by atoms with Gasteiger partial charge in [-0.25, -0.2) is 0 Å². The molecule has 7 nitrogen and oxygen atoms in total. The molecule has 1 N–H and O–H groups in total. The van der Waals surface area contributed by atoms with Gasteiger partial charge in [-0.15, -0.1) is 0 Å². The van der Waals surface area contributed by atoms with E-state index in [1.165, 1.54) is 6.92 Å². The molecule has 116 valence electrons. The molecule has 1 aromatic heterocycles. The third-order valence-electron chi connectivity index (χ3n) is 3.72. The SMILES string of the molecule is CCn1nc(NC(=O)[C@]2(C)CN(C(C)=O)CCO2)cc1C. The fourth-order valence-electron chi connectivity index (χ4n) is 2.42. The van der Waals surface area contributed by atoms with Crippen molar-refractivity contribution < 1.29 is 14.3 Å². The fourth-order valence-corrected chi connectivity index (χ4v) is 2.42. The molecule has 2 rings (SSSR count). The van der Waals surface area contributed by atoms with Crippen LogP contribution in [0.1, 0.15) is 26.5 Å². The van der Waals surface area contributed by atoms with Gasteiger partial charge in [0.05, 0.1) is 13.2 Å². The Kier molecular flexibility index (Phi) is 4.32. The van der Waals surface area contributed by atoms with Crippen LogP contribution in [0.2, 0.25) is 0 Å². The number of nitrogens with zero attached hydrogens (tertiary/aromatic N) is 3. The molecule has 7 heteroatoms. The quantitative estimate of drug-likeness (QED) is 0.894. The minimum absolute atomic E-state index is 0.0524. The summed E-state index contributed by atoms with van der Waals surface area (Å²) in [6.07, 6.45) is 0. The molecule has 1 aliphatic heterocycles. The molecule has 0 aromatic carbocycles. The van der Waals surface area contributed by atoms with Crippen LogP contribution >= 0.6 is 0 Å². The number of aryl methyl sites for hydroxylation is 2. The van der Waals surface area contributed by atoms with Crippen molar-refractivity contribution >= 4 is 17.6 Å². The number of hydrogen-bond donors (Lipinski definition) is 1. The molecule has 1 aromatic rings. The second kappa shape index (κ2) is 5.85. The standard InChI is InChI=1S/C14H22N4O3/c1-5-18-10(2)8-12(16-18)15-13(20)14(4)9-17(11(3)19)6-7-21-14/h8H,5-7,9H2,1-4H3,(H,15,16,20)/t14-/m0/s1. The summed E-state index contributed by atoms with van der Waals surface area (Å²) in [5.41, 5.74) is -0.0683. The Morgan fingerprint density at radius 2 is 2.24 bits per heavy atom. The molecule has 21 heavy (non-hydrogen) atoms. The Morgan fingerprint density at radius 3 is 2.81 bits per heavy atom. The van der Waals surface area contributed by atoms with E-state index in [1.807, 2.05) is 24.6 Å². The number of rotatable bonds is 3. The summed E-state index contributed by atoms with van der Waals surface area (Å²) < 4.78 is 7.41. The first kappa shape index (κ1) is 15.5. The second-order valence-corrected chi connectivity index (χ2v) is 5.46. The van der Waals surface area contributed by atoms with Crippen LogP contribution in [-0.4, -0.2) is 51.8 Å². The number of carbonyl (C=O) groups is 2. The molecule has 0 radical (unpaired) electrons. The molecule has 2 heterocycles. The number of hydrogen-bond acceptors (Lipinski definition) is 4. The third kappa shape index (κ3) is 3.24. The van der Waals surface area contributed by atoms with E-state index in [1.54, 1.807) is 11.8 Å². The summed E-state index contributed by atoms with van der Waals surface area (Å²) in [7, 11) is 0. The molecule has 0 aliphatic carbocycles. The maximum atomic E-state index is 12.4. The van der Waals surface area contributed by atoms with Crippen molar-refractivity contribution in [3.8, 4) is 0 Å². The van der Waals surface area contributed by atoms with Crippen molar-refractivity contribution in [2.45, 2.75) is 39.8 Å². The van der Waals surface area contributed by atoms with Crippen LogP contribution < -0.4 is 5.32 Å². The topological polar surface area (TPSA) is 76.5 Å². The van der Waals surface area contributed by atoms with Crippen LogP contribution in [0.15, 0.2) is 6.07 Å². The molecule has 0 bridgehead atoms. The molecular weight excluding hydrogens is 272 g/mol. The molecule has 0 saturated carbocycles. The van der Waals surface area contributed by atoms with Gasteiger partial charge in [0.15, 0.2) is 11.4 Å². The maximum Gasteiger partial charge on any atom is 0.259 e. The maximum absolute atomic E-state index is 12.4. The number of morpholine rings is 1. The molecule has 0 spiro atoms. The summed E-state index contributed by atoms with van der Waals surface area (Å²) in [6.45, 7) is 8.98. The Balaban J connectivity index is 2.09. The van der Waals surface area contributed by atoms with E-state index in [4.69, 9.17) is 4.74 Å². The van der Waals surface area contributed by atoms with E-state index in [-0.39, 0.29) is 18.4 Å². The summed E-state index contributed by atoms with van der Waals surface area (Å²) in [5.74, 6) is 0.168. The van der Waals surface area contributed by atoms with Gasteiger partial charge < -0.3 is 15.0 Å². The molecule has 0 unspecified atom stereocenters. The van der Waals surface area contributed by atoms with Gasteiger partial charge in [-0.1, -0.05) is 0 Å². The summed E-state index contributed by atoms with van der Waals surface area (Å²) in [4.78, 5) is 25.5. The highest BCUT2D eigenvalue weighted by Gasteiger charge is 2.40. The van der Waals surface area contributed by atoms with E-state index in [9.17, 15) is 9.59 Å². The van der Waals surface area contributed by atoms with Crippen LogP contribution in [0.4, 0.5) is 5.82 Å². The van der Waals surface area contributed by atoms with Crippen LogP contribution in [0.5, 0.6) is 0 Å². The second-order valence-electron chi connectivity index (χ2n) is 5.46. The van der Waals surface area contributed by atoms with Crippen molar-refractivity contribution in [1.29, 1.82) is 0 Å². The van der Waals surface area contributed by atoms with E-state index in [0.717, 1.165) is 12.2 Å². The van der Waals surface area contributed by atoms with Crippen molar-refractivity contribution in [1.82, 2.24) is 14.7 Å². The van der Waals surface area contributed by atoms with E-state index in [2.05, 4.69) is 10.4 Å². The van der Waals surface area contributed by atoms with E-state index >= 15 is 0 Å². The van der Waals surface area contributed by atoms with Crippen LogP contribution in [-0.2, 0) is 20.9 Å². The summed E-state index contributed by atoms with van der Waals surface area (Å²) in [6, 6.07) is 1.82. The van der Waals surface area contributed by atoms with Gasteiger partial charge in [0, 0.05) is 31.8 Å². The largest absolute Gasteiger partial charge is 0.362 e. The highest BCUT2D eigenvalue weighted by atomic mass is 16.5. The van der Waals surface area contributed by atoms with Gasteiger partial charge in [-0.3, -0.25) is 14.3 Å². The lowest BCUT2D eigenvalue weighted by molar-refractivity contribution is -0.158. The minimum Gasteiger partial charge on any atom is -0.362 e. The molecule has 1 saturated heterocycles. The first-order chi connectivity index (χ1) is 9.85. The number of nitrogens with one attached hydrogen (secondary N) is 1. The lowest BCUT2D eigenvalue weighted by atomic mass is 10.0. The first-order valence-electron chi connectivity index (χ1n) is 7.11. The molecule has 1 fully saturated rings. The zero-order valence-electron chi connectivity index (χ0n) is 13.0. The van der Waals surface area contributed by atoms with Gasteiger partial charge >= 0.3 is 0 Å². The van der Waals surface area contributed by atoms with Crippen molar-refractivity contribution in [3.63, 3.8) is 0 Å². The highest BCUT2D eigenvalue weighted by Crippen LogP contribution is 2.20. The van der Waals surface area contributed by atoms with Gasteiger partial charge in [-0.05, 0) is 20.8 Å². The van der Waals surface area contributed by atoms with Crippen LogP contribution in [0.25, 0.3) is 0 Å². The first-order valence-corrected chi connectivity index (χ1v) is 7.11. The molecule has 2 amide bonds. The number of anilines is 1. The Labute approximate surface area is 124 Å². The van der Waals surface area contributed by atoms with Gasteiger partial charge in [0.1, 0.15) is 0 Å². The molecule has 1 aliphatic rings. The zero-order valence-corrected chi connectivity index (χ0v) is 13.0. The Morgan fingerprint density at radius 1 is 1.52 bits per heavy atom. The minimum atomic E-state index is -1.05. The predicted molar refractivity (Wildman–Crippen MR) is 77.9 cm³/mol. The highest BCUT2D eigenvalue weighted by molar-refractivity contribution is 5.97. The lowest BCUT2D eigenvalue weighted by Gasteiger charge is -2.38. The number of carbonyl (C=O) groups excluding carboxylic acids is 2.